The fourth-order valence-corrected chi connectivity index (χ4v) is 0.898. The Bertz CT molecular complexity index is 389. The van der Waals surface area contributed by atoms with E-state index in [1.54, 1.807) is 15.5 Å². The van der Waals surface area contributed by atoms with Gasteiger partial charge in [0.05, 0.1) is 15.5 Å². The molecule has 1 aromatic carbocycles. The van der Waals surface area contributed by atoms with Crippen LogP contribution in [0.1, 0.15) is 16.7 Å². The van der Waals surface area contributed by atoms with Gasteiger partial charge in [0.15, 0.2) is 0 Å². The molecule has 0 saturated heterocycles. The van der Waals surface area contributed by atoms with Gasteiger partial charge in [0.2, 0.25) is 0 Å². The van der Waals surface area contributed by atoms with Gasteiger partial charge in [-0.05, 0) is 74.1 Å². The lowest BCUT2D eigenvalue weighted by molar-refractivity contribution is 1.27. The van der Waals surface area contributed by atoms with Gasteiger partial charge in [0.25, 0.3) is 0 Å². The first-order chi connectivity index (χ1) is 8.46. The Hall–Kier alpha value is -1.38. The smallest absolute Gasteiger partial charge is 0.0554 e. The quantitative estimate of drug-likeness (QED) is 0.483. The largest absolute Gasteiger partial charge is 0.248 e. The molecule has 0 aliphatic carbocycles. The first kappa shape index (κ1) is 21.9. The summed E-state index contributed by atoms with van der Waals surface area (Å²) < 4.78 is 0. The number of benzene rings is 1. The average molecular weight is 297 g/mol. The number of isothiocyanates is 3. The standard InChI is InChI=1S/C9H12.3CHNS/c1-7-5-4-6-8(2)9(7)3;3*2-1-3/h4-6H,1-3H3;3*2H. The summed E-state index contributed by atoms with van der Waals surface area (Å²) in [6.07, 6.45) is 0. The van der Waals surface area contributed by atoms with E-state index in [1.807, 2.05) is 0 Å². The molecule has 18 heavy (non-hydrogen) atoms. The Morgan fingerprint density at radius 2 is 1.00 bits per heavy atom. The Morgan fingerprint density at radius 3 is 1.17 bits per heavy atom. The molecule has 0 fully saturated rings. The molecular weight excluding hydrogens is 282 g/mol. The molecule has 0 aliphatic heterocycles. The van der Waals surface area contributed by atoms with Crippen molar-refractivity contribution in [3.8, 4) is 0 Å². The second-order valence-corrected chi connectivity index (χ2v) is 3.44. The Kier molecular flexibility index (Phi) is 21.9. The molecule has 0 aromatic heterocycles. The van der Waals surface area contributed by atoms with Gasteiger partial charge in [0, 0.05) is 0 Å². The number of hydrogen-bond acceptors (Lipinski definition) is 6. The van der Waals surface area contributed by atoms with Gasteiger partial charge in [-0.3, -0.25) is 0 Å². The van der Waals surface area contributed by atoms with Gasteiger partial charge >= 0.3 is 0 Å². The number of thiocarbonyl (C=S) groups is 3. The molecule has 1 rings (SSSR count). The number of nitrogens with one attached hydrogen (secondary N) is 3. The van der Waals surface area contributed by atoms with Gasteiger partial charge in [-0.25, -0.2) is 16.2 Å². The first-order valence-electron chi connectivity index (χ1n) is 4.61. The normalized spacial score (nSPS) is 6.17. The van der Waals surface area contributed by atoms with E-state index in [1.165, 1.54) is 16.7 Å². The molecule has 0 aliphatic rings. The highest BCUT2D eigenvalue weighted by Gasteiger charge is 1.91. The van der Waals surface area contributed by atoms with Crippen LogP contribution in [-0.2, 0) is 0 Å². The Balaban J connectivity index is -0.000000210. The molecule has 0 radical (unpaired) electrons. The average Bonchev–Trinajstić information content (AvgIpc) is 2.29. The van der Waals surface area contributed by atoms with Crippen LogP contribution in [0, 0.1) is 37.0 Å². The SMILES string of the molecule is Cc1cccc(C)c1C.N=C=S.N=C=S.N=C=S. The van der Waals surface area contributed by atoms with Crippen molar-refractivity contribution < 1.29 is 0 Å². The van der Waals surface area contributed by atoms with Crippen molar-refractivity contribution in [2.75, 3.05) is 0 Å². The topological polar surface area (TPSA) is 71.6 Å². The van der Waals surface area contributed by atoms with Crippen molar-refractivity contribution in [3.63, 3.8) is 0 Å². The third-order valence-electron chi connectivity index (χ3n) is 1.88. The summed E-state index contributed by atoms with van der Waals surface area (Å²) in [6.45, 7) is 6.44. The summed E-state index contributed by atoms with van der Waals surface area (Å²) in [6, 6.07) is 6.38. The maximum absolute atomic E-state index is 5.77. The van der Waals surface area contributed by atoms with Crippen molar-refractivity contribution in [1.82, 2.24) is 0 Å². The van der Waals surface area contributed by atoms with Crippen LogP contribution in [0.25, 0.3) is 0 Å². The summed E-state index contributed by atoms with van der Waals surface area (Å²) in [7, 11) is 0. The summed E-state index contributed by atoms with van der Waals surface area (Å²) in [5.41, 5.74) is 4.18. The van der Waals surface area contributed by atoms with Crippen LogP contribution in [0.3, 0.4) is 0 Å². The fraction of sp³-hybridized carbons (Fsp3) is 0.250. The van der Waals surface area contributed by atoms with Crippen LogP contribution in [-0.4, -0.2) is 15.5 Å². The van der Waals surface area contributed by atoms with E-state index < -0.39 is 0 Å². The van der Waals surface area contributed by atoms with Gasteiger partial charge in [-0.1, -0.05) is 18.2 Å². The maximum Gasteiger partial charge on any atom is 0.0554 e. The van der Waals surface area contributed by atoms with E-state index in [2.05, 4.69) is 75.6 Å². The zero-order chi connectivity index (χ0) is 15.0. The zero-order valence-corrected chi connectivity index (χ0v) is 12.9. The van der Waals surface area contributed by atoms with Crippen LogP contribution in [0.2, 0.25) is 0 Å². The highest BCUT2D eigenvalue weighted by atomic mass is 32.1. The molecule has 0 spiro atoms. The number of rotatable bonds is 0. The van der Waals surface area contributed by atoms with Crippen LogP contribution in [0.4, 0.5) is 0 Å². The highest BCUT2D eigenvalue weighted by Crippen LogP contribution is 2.09. The molecule has 6 heteroatoms. The predicted molar refractivity (Wildman–Crippen MR) is 86.6 cm³/mol. The monoisotopic (exact) mass is 297 g/mol. The molecular formula is C12H15N3S3. The van der Waals surface area contributed by atoms with Crippen molar-refractivity contribution in [2.45, 2.75) is 20.8 Å². The van der Waals surface area contributed by atoms with E-state index >= 15 is 0 Å². The van der Waals surface area contributed by atoms with E-state index in [9.17, 15) is 0 Å². The van der Waals surface area contributed by atoms with Crippen molar-refractivity contribution in [2.24, 2.45) is 0 Å². The summed E-state index contributed by atoms with van der Waals surface area (Å²) in [5.74, 6) is 0. The minimum Gasteiger partial charge on any atom is -0.248 e. The van der Waals surface area contributed by atoms with Crippen molar-refractivity contribution in [3.05, 3.63) is 34.9 Å². The Labute approximate surface area is 124 Å². The molecule has 0 unspecified atom stereocenters. The zero-order valence-electron chi connectivity index (χ0n) is 10.5. The van der Waals surface area contributed by atoms with Crippen LogP contribution < -0.4 is 0 Å². The van der Waals surface area contributed by atoms with Crippen molar-refractivity contribution >= 4 is 52.1 Å². The maximum atomic E-state index is 5.77. The van der Waals surface area contributed by atoms with Gasteiger partial charge in [-0.2, -0.15) is 0 Å². The summed E-state index contributed by atoms with van der Waals surface area (Å²) in [4.78, 5) is 0. The fourth-order valence-electron chi connectivity index (χ4n) is 0.898. The molecule has 0 amide bonds. The van der Waals surface area contributed by atoms with Crippen LogP contribution >= 0.6 is 36.7 Å². The highest BCUT2D eigenvalue weighted by molar-refractivity contribution is 7.78. The lowest BCUT2D eigenvalue weighted by Gasteiger charge is -2.00. The summed E-state index contributed by atoms with van der Waals surface area (Å²) >= 11 is 11.4. The molecule has 1 aromatic rings. The molecule has 3 N–H and O–H groups in total. The summed E-state index contributed by atoms with van der Waals surface area (Å²) in [5, 5.41) is 22.1. The second kappa shape index (κ2) is 18.0. The van der Waals surface area contributed by atoms with E-state index in [0.29, 0.717) is 0 Å². The second-order valence-electron chi connectivity index (χ2n) is 2.82. The van der Waals surface area contributed by atoms with Crippen molar-refractivity contribution in [1.29, 1.82) is 16.2 Å². The minimum atomic E-state index is 1.38. The lowest BCUT2D eigenvalue weighted by atomic mass is 10.1. The van der Waals surface area contributed by atoms with E-state index in [4.69, 9.17) is 16.2 Å². The molecule has 0 bridgehead atoms. The van der Waals surface area contributed by atoms with Gasteiger partial charge in [0.1, 0.15) is 0 Å². The van der Waals surface area contributed by atoms with Gasteiger partial charge in [-0.15, -0.1) is 0 Å². The third kappa shape index (κ3) is 17.0. The number of aryl methyl sites for hydroxylation is 2. The molecule has 0 saturated carbocycles. The molecule has 0 atom stereocenters. The Morgan fingerprint density at radius 1 is 0.778 bits per heavy atom. The molecule has 96 valence electrons. The minimum absolute atomic E-state index is 1.38. The third-order valence-corrected chi connectivity index (χ3v) is 1.88. The van der Waals surface area contributed by atoms with Crippen LogP contribution in [0.5, 0.6) is 0 Å². The van der Waals surface area contributed by atoms with Crippen LogP contribution in [0.15, 0.2) is 18.2 Å². The van der Waals surface area contributed by atoms with E-state index in [-0.39, 0.29) is 0 Å². The molecule has 3 nitrogen and oxygen atoms in total. The van der Waals surface area contributed by atoms with E-state index in [0.717, 1.165) is 0 Å². The predicted octanol–water partition coefficient (Wildman–Crippen LogP) is 4.62. The molecule has 0 heterocycles. The van der Waals surface area contributed by atoms with Gasteiger partial charge < -0.3 is 0 Å². The number of hydrogen-bond donors (Lipinski definition) is 3. The first-order valence-corrected chi connectivity index (χ1v) is 5.83. The lowest BCUT2D eigenvalue weighted by Crippen LogP contribution is -1.82.